The second kappa shape index (κ2) is 6.78. The SMILES string of the molecule is NC1CC(Cc2csc(Cl)c2)CN(CC2CCCC2)C1. The second-order valence-corrected chi connectivity index (χ2v) is 8.24. The molecule has 1 aliphatic heterocycles. The van der Waals surface area contributed by atoms with Crippen LogP contribution in [0.5, 0.6) is 0 Å². The van der Waals surface area contributed by atoms with Gasteiger partial charge in [-0.2, -0.15) is 0 Å². The molecule has 1 aromatic heterocycles. The number of halogens is 1. The molecule has 2 fully saturated rings. The van der Waals surface area contributed by atoms with Gasteiger partial charge in [-0.05, 0) is 54.5 Å². The highest BCUT2D eigenvalue weighted by atomic mass is 35.5. The molecule has 2 heterocycles. The van der Waals surface area contributed by atoms with Gasteiger partial charge in [-0.1, -0.05) is 24.4 Å². The zero-order chi connectivity index (χ0) is 13.9. The van der Waals surface area contributed by atoms with E-state index in [4.69, 9.17) is 17.3 Å². The predicted octanol–water partition coefficient (Wildman–Crippen LogP) is 3.78. The minimum absolute atomic E-state index is 0.351. The van der Waals surface area contributed by atoms with E-state index in [-0.39, 0.29) is 0 Å². The van der Waals surface area contributed by atoms with Crippen LogP contribution in [0, 0.1) is 11.8 Å². The van der Waals surface area contributed by atoms with E-state index in [0.29, 0.717) is 12.0 Å². The standard InChI is InChI=1S/C16H25ClN2S/c17-16-7-14(11-20-16)5-13-6-15(18)10-19(9-13)8-12-3-1-2-4-12/h7,11-13,15H,1-6,8-10,18H2. The molecule has 1 aromatic rings. The average molecular weight is 313 g/mol. The molecule has 0 radical (unpaired) electrons. The molecule has 2 nitrogen and oxygen atoms in total. The topological polar surface area (TPSA) is 29.3 Å². The number of nitrogens with two attached hydrogens (primary N) is 1. The van der Waals surface area contributed by atoms with Gasteiger partial charge in [0.2, 0.25) is 0 Å². The molecular weight excluding hydrogens is 288 g/mol. The zero-order valence-corrected chi connectivity index (χ0v) is 13.6. The summed E-state index contributed by atoms with van der Waals surface area (Å²) >= 11 is 7.67. The van der Waals surface area contributed by atoms with E-state index in [1.54, 1.807) is 11.3 Å². The lowest BCUT2D eigenvalue weighted by Gasteiger charge is -2.37. The van der Waals surface area contributed by atoms with E-state index in [1.807, 2.05) is 0 Å². The molecule has 1 aliphatic carbocycles. The minimum atomic E-state index is 0.351. The van der Waals surface area contributed by atoms with Gasteiger partial charge in [0.1, 0.15) is 0 Å². The maximum Gasteiger partial charge on any atom is 0.0931 e. The van der Waals surface area contributed by atoms with Crippen molar-refractivity contribution >= 4 is 22.9 Å². The highest BCUT2D eigenvalue weighted by Gasteiger charge is 2.27. The Kier molecular flexibility index (Phi) is 5.03. The maximum absolute atomic E-state index is 6.28. The molecule has 112 valence electrons. The first-order valence-electron chi connectivity index (χ1n) is 7.90. The number of nitrogens with zero attached hydrogens (tertiary/aromatic N) is 1. The summed E-state index contributed by atoms with van der Waals surface area (Å²) in [6.07, 6.45) is 8.02. The lowest BCUT2D eigenvalue weighted by molar-refractivity contribution is 0.136. The van der Waals surface area contributed by atoms with Gasteiger partial charge in [0.15, 0.2) is 0 Å². The van der Waals surface area contributed by atoms with Crippen molar-refractivity contribution in [2.75, 3.05) is 19.6 Å². The third kappa shape index (κ3) is 3.97. The fourth-order valence-electron chi connectivity index (χ4n) is 3.99. The highest BCUT2D eigenvalue weighted by Crippen LogP contribution is 2.29. The maximum atomic E-state index is 6.28. The number of hydrogen-bond donors (Lipinski definition) is 1. The van der Waals surface area contributed by atoms with Gasteiger partial charge in [0.25, 0.3) is 0 Å². The first-order valence-corrected chi connectivity index (χ1v) is 9.15. The lowest BCUT2D eigenvalue weighted by Crippen LogP contribution is -2.48. The van der Waals surface area contributed by atoms with Crippen LogP contribution in [0.15, 0.2) is 11.4 Å². The van der Waals surface area contributed by atoms with Crippen molar-refractivity contribution in [2.45, 2.75) is 44.6 Å². The van der Waals surface area contributed by atoms with E-state index < -0.39 is 0 Å². The summed E-state index contributed by atoms with van der Waals surface area (Å²) in [7, 11) is 0. The van der Waals surface area contributed by atoms with Gasteiger partial charge in [-0.3, -0.25) is 0 Å². The van der Waals surface area contributed by atoms with Gasteiger partial charge in [-0.15, -0.1) is 11.3 Å². The Labute approximate surface area is 131 Å². The Morgan fingerprint density at radius 2 is 2.05 bits per heavy atom. The average Bonchev–Trinajstić information content (AvgIpc) is 3.01. The lowest BCUT2D eigenvalue weighted by atomic mass is 9.89. The van der Waals surface area contributed by atoms with Crippen LogP contribution < -0.4 is 5.73 Å². The van der Waals surface area contributed by atoms with Crippen molar-refractivity contribution in [3.63, 3.8) is 0 Å². The molecule has 0 bridgehead atoms. The van der Waals surface area contributed by atoms with E-state index in [1.165, 1.54) is 44.3 Å². The normalized spacial score (nSPS) is 29.1. The van der Waals surface area contributed by atoms with Crippen LogP contribution in [-0.4, -0.2) is 30.6 Å². The fourth-order valence-corrected chi connectivity index (χ4v) is 4.91. The molecule has 3 rings (SSSR count). The zero-order valence-electron chi connectivity index (χ0n) is 12.1. The summed E-state index contributed by atoms with van der Waals surface area (Å²) in [5.41, 5.74) is 7.67. The van der Waals surface area contributed by atoms with Crippen molar-refractivity contribution in [3.05, 3.63) is 21.3 Å². The monoisotopic (exact) mass is 312 g/mol. The molecule has 0 spiro atoms. The van der Waals surface area contributed by atoms with E-state index >= 15 is 0 Å². The van der Waals surface area contributed by atoms with Crippen molar-refractivity contribution < 1.29 is 0 Å². The van der Waals surface area contributed by atoms with E-state index in [0.717, 1.165) is 29.6 Å². The van der Waals surface area contributed by atoms with Crippen molar-refractivity contribution in [1.29, 1.82) is 0 Å². The molecule has 2 aliphatic rings. The number of piperidine rings is 1. The van der Waals surface area contributed by atoms with Gasteiger partial charge >= 0.3 is 0 Å². The van der Waals surface area contributed by atoms with Crippen LogP contribution in [0.1, 0.15) is 37.7 Å². The molecule has 1 saturated heterocycles. The molecule has 2 atom stereocenters. The first kappa shape index (κ1) is 14.8. The van der Waals surface area contributed by atoms with Crippen molar-refractivity contribution in [3.8, 4) is 0 Å². The van der Waals surface area contributed by atoms with Crippen LogP contribution in [0.3, 0.4) is 0 Å². The van der Waals surface area contributed by atoms with Crippen molar-refractivity contribution in [1.82, 2.24) is 4.90 Å². The molecule has 2 N–H and O–H groups in total. The summed E-state index contributed by atoms with van der Waals surface area (Å²) in [4.78, 5) is 2.63. The van der Waals surface area contributed by atoms with Gasteiger partial charge in [0.05, 0.1) is 4.34 Å². The Morgan fingerprint density at radius 3 is 2.75 bits per heavy atom. The van der Waals surface area contributed by atoms with E-state index in [9.17, 15) is 0 Å². The van der Waals surface area contributed by atoms with Crippen LogP contribution in [-0.2, 0) is 6.42 Å². The fraction of sp³-hybridized carbons (Fsp3) is 0.750. The smallest absolute Gasteiger partial charge is 0.0931 e. The molecule has 2 unspecified atom stereocenters. The Balaban J connectivity index is 1.55. The van der Waals surface area contributed by atoms with Crippen LogP contribution in [0.2, 0.25) is 4.34 Å². The third-order valence-electron chi connectivity index (χ3n) is 4.78. The molecule has 4 heteroatoms. The molecule has 0 amide bonds. The molecule has 1 saturated carbocycles. The van der Waals surface area contributed by atoms with Gasteiger partial charge in [0, 0.05) is 25.7 Å². The molecule has 20 heavy (non-hydrogen) atoms. The molecular formula is C16H25ClN2S. The van der Waals surface area contributed by atoms with Crippen LogP contribution in [0.4, 0.5) is 0 Å². The minimum Gasteiger partial charge on any atom is -0.327 e. The number of likely N-dealkylation sites (tertiary alicyclic amines) is 1. The quantitative estimate of drug-likeness (QED) is 0.916. The van der Waals surface area contributed by atoms with Crippen molar-refractivity contribution in [2.24, 2.45) is 17.6 Å². The first-order chi connectivity index (χ1) is 9.69. The third-order valence-corrected chi connectivity index (χ3v) is 5.92. The largest absolute Gasteiger partial charge is 0.327 e. The second-order valence-electron chi connectivity index (χ2n) is 6.69. The predicted molar refractivity (Wildman–Crippen MR) is 87.5 cm³/mol. The van der Waals surface area contributed by atoms with Gasteiger partial charge in [-0.25, -0.2) is 0 Å². The molecule has 0 aromatic carbocycles. The van der Waals surface area contributed by atoms with Crippen LogP contribution in [0.25, 0.3) is 0 Å². The summed E-state index contributed by atoms with van der Waals surface area (Å²) in [5.74, 6) is 1.63. The van der Waals surface area contributed by atoms with Gasteiger partial charge < -0.3 is 10.6 Å². The number of rotatable bonds is 4. The summed E-state index contributed by atoms with van der Waals surface area (Å²) in [6.45, 7) is 3.59. The Morgan fingerprint density at radius 1 is 1.25 bits per heavy atom. The van der Waals surface area contributed by atoms with Crippen LogP contribution >= 0.6 is 22.9 Å². The number of thiophene rings is 1. The summed E-state index contributed by atoms with van der Waals surface area (Å²) < 4.78 is 0.905. The summed E-state index contributed by atoms with van der Waals surface area (Å²) in [6, 6.07) is 2.47. The highest BCUT2D eigenvalue weighted by molar-refractivity contribution is 7.14. The van der Waals surface area contributed by atoms with E-state index in [2.05, 4.69) is 16.3 Å². The Hall–Kier alpha value is -0.0900. The Bertz CT molecular complexity index is 428. The number of hydrogen-bond acceptors (Lipinski definition) is 3. The summed E-state index contributed by atoms with van der Waals surface area (Å²) in [5, 5.41) is 2.20.